The molecule has 0 aliphatic rings. The molecular weight excluding hydrogens is 264 g/mol. The second kappa shape index (κ2) is 6.90. The molecule has 2 N–H and O–H groups in total. The van der Waals surface area contributed by atoms with Crippen molar-refractivity contribution in [2.45, 2.75) is 13.0 Å². The van der Waals surface area contributed by atoms with E-state index in [4.69, 9.17) is 10.5 Å². The normalized spacial score (nSPS) is 10.2. The molecule has 0 fully saturated rings. The molecule has 2 aromatic rings. The number of ether oxygens (including phenoxy) is 1. The van der Waals surface area contributed by atoms with E-state index in [9.17, 15) is 4.79 Å². The molecule has 4 nitrogen and oxygen atoms in total. The molecular formula is C17H20N2O2. The molecule has 0 atom stereocenters. The summed E-state index contributed by atoms with van der Waals surface area (Å²) in [6, 6.07) is 15.2. The lowest BCUT2D eigenvalue weighted by Gasteiger charge is -2.18. The third-order valence-electron chi connectivity index (χ3n) is 3.40. The molecule has 0 aliphatic heterocycles. The molecule has 0 saturated carbocycles. The first kappa shape index (κ1) is 15.1. The summed E-state index contributed by atoms with van der Waals surface area (Å²) >= 11 is 0. The van der Waals surface area contributed by atoms with Gasteiger partial charge in [-0.15, -0.1) is 0 Å². The summed E-state index contributed by atoms with van der Waals surface area (Å²) < 4.78 is 5.17. The summed E-state index contributed by atoms with van der Waals surface area (Å²) in [6.07, 6.45) is 0.334. The van der Waals surface area contributed by atoms with Gasteiger partial charge in [0.1, 0.15) is 5.75 Å². The van der Waals surface area contributed by atoms with Gasteiger partial charge in [-0.2, -0.15) is 0 Å². The molecule has 2 rings (SSSR count). The van der Waals surface area contributed by atoms with Gasteiger partial charge in [0.05, 0.1) is 13.5 Å². The Labute approximate surface area is 125 Å². The quantitative estimate of drug-likeness (QED) is 0.917. The highest BCUT2D eigenvalue weighted by molar-refractivity contribution is 5.94. The number of rotatable bonds is 5. The van der Waals surface area contributed by atoms with Crippen LogP contribution in [0.3, 0.4) is 0 Å². The van der Waals surface area contributed by atoms with Crippen LogP contribution in [0, 0.1) is 0 Å². The van der Waals surface area contributed by atoms with E-state index in [0.717, 1.165) is 22.6 Å². The van der Waals surface area contributed by atoms with Gasteiger partial charge in [0.2, 0.25) is 5.91 Å². The van der Waals surface area contributed by atoms with Crippen molar-refractivity contribution in [3.63, 3.8) is 0 Å². The number of carbonyl (C=O) groups is 1. The van der Waals surface area contributed by atoms with Crippen LogP contribution in [0.2, 0.25) is 0 Å². The Kier molecular flexibility index (Phi) is 4.95. The van der Waals surface area contributed by atoms with Gasteiger partial charge in [-0.05, 0) is 35.4 Å². The number of anilines is 1. The molecule has 0 saturated heterocycles. The van der Waals surface area contributed by atoms with E-state index in [1.54, 1.807) is 19.1 Å². The van der Waals surface area contributed by atoms with Crippen molar-refractivity contribution in [1.29, 1.82) is 0 Å². The van der Waals surface area contributed by atoms with Crippen LogP contribution in [0.25, 0.3) is 0 Å². The summed E-state index contributed by atoms with van der Waals surface area (Å²) in [5.74, 6) is 0.783. The highest BCUT2D eigenvalue weighted by Gasteiger charge is 2.12. The second-order valence-electron chi connectivity index (χ2n) is 4.86. The molecule has 0 aromatic heterocycles. The molecule has 110 valence electrons. The lowest BCUT2D eigenvalue weighted by Crippen LogP contribution is -2.27. The second-order valence-corrected chi connectivity index (χ2v) is 4.86. The minimum absolute atomic E-state index is 0.0254. The molecule has 21 heavy (non-hydrogen) atoms. The van der Waals surface area contributed by atoms with Crippen molar-refractivity contribution in [3.8, 4) is 5.75 Å². The number of benzene rings is 2. The molecule has 0 unspecified atom stereocenters. The number of hydrogen-bond donors (Lipinski definition) is 1. The monoisotopic (exact) mass is 284 g/mol. The maximum absolute atomic E-state index is 12.4. The summed E-state index contributed by atoms with van der Waals surface area (Å²) in [4.78, 5) is 14.0. The van der Waals surface area contributed by atoms with E-state index in [1.165, 1.54) is 0 Å². The van der Waals surface area contributed by atoms with Crippen LogP contribution in [-0.4, -0.2) is 20.1 Å². The van der Waals surface area contributed by atoms with Crippen molar-refractivity contribution >= 4 is 11.6 Å². The van der Waals surface area contributed by atoms with Crippen LogP contribution in [0.4, 0.5) is 5.69 Å². The van der Waals surface area contributed by atoms with Crippen LogP contribution in [0.5, 0.6) is 5.75 Å². The first-order valence-electron chi connectivity index (χ1n) is 6.82. The standard InChI is InChI=1S/C17H20N2O2/c1-19(15-7-3-6-14(9-15)12-18)17(20)11-13-5-4-8-16(10-13)21-2/h3-10H,11-12,18H2,1-2H3. The largest absolute Gasteiger partial charge is 0.497 e. The Morgan fingerprint density at radius 1 is 1.14 bits per heavy atom. The van der Waals surface area contributed by atoms with Crippen molar-refractivity contribution in [3.05, 3.63) is 59.7 Å². The predicted molar refractivity (Wildman–Crippen MR) is 84.4 cm³/mol. The Bertz CT molecular complexity index is 626. The van der Waals surface area contributed by atoms with Gasteiger partial charge in [-0.1, -0.05) is 24.3 Å². The lowest BCUT2D eigenvalue weighted by molar-refractivity contribution is -0.117. The zero-order chi connectivity index (χ0) is 15.2. The van der Waals surface area contributed by atoms with E-state index in [2.05, 4.69) is 0 Å². The topological polar surface area (TPSA) is 55.6 Å². The smallest absolute Gasteiger partial charge is 0.231 e. The molecule has 0 bridgehead atoms. The van der Waals surface area contributed by atoms with Gasteiger partial charge in [0.15, 0.2) is 0 Å². The van der Waals surface area contributed by atoms with E-state index in [0.29, 0.717) is 13.0 Å². The predicted octanol–water partition coefficient (Wildman–Crippen LogP) is 2.36. The van der Waals surface area contributed by atoms with Crippen LogP contribution >= 0.6 is 0 Å². The Morgan fingerprint density at radius 2 is 1.86 bits per heavy atom. The molecule has 0 heterocycles. The number of amides is 1. The van der Waals surface area contributed by atoms with E-state index in [-0.39, 0.29) is 5.91 Å². The maximum atomic E-state index is 12.4. The molecule has 0 aliphatic carbocycles. The Balaban J connectivity index is 2.11. The van der Waals surface area contributed by atoms with Gasteiger partial charge in [-0.25, -0.2) is 0 Å². The van der Waals surface area contributed by atoms with Gasteiger partial charge in [0.25, 0.3) is 0 Å². The summed E-state index contributed by atoms with van der Waals surface area (Å²) in [6.45, 7) is 0.464. The Hall–Kier alpha value is -2.33. The number of hydrogen-bond acceptors (Lipinski definition) is 3. The third kappa shape index (κ3) is 3.83. The SMILES string of the molecule is COc1cccc(CC(=O)N(C)c2cccc(CN)c2)c1. The minimum Gasteiger partial charge on any atom is -0.497 e. The summed E-state index contributed by atoms with van der Waals surface area (Å²) in [5.41, 5.74) is 8.43. The van der Waals surface area contributed by atoms with Crippen molar-refractivity contribution in [2.75, 3.05) is 19.1 Å². The van der Waals surface area contributed by atoms with Crippen LogP contribution < -0.4 is 15.4 Å². The first-order chi connectivity index (χ1) is 10.1. The van der Waals surface area contributed by atoms with Crippen LogP contribution in [0.1, 0.15) is 11.1 Å². The zero-order valence-corrected chi connectivity index (χ0v) is 12.4. The zero-order valence-electron chi connectivity index (χ0n) is 12.4. The van der Waals surface area contributed by atoms with Gasteiger partial charge in [-0.3, -0.25) is 4.79 Å². The van der Waals surface area contributed by atoms with E-state index in [1.807, 2.05) is 48.5 Å². The van der Waals surface area contributed by atoms with Crippen LogP contribution in [0.15, 0.2) is 48.5 Å². The molecule has 0 radical (unpaired) electrons. The number of likely N-dealkylation sites (N-methyl/N-ethyl adjacent to an activating group) is 1. The first-order valence-corrected chi connectivity index (χ1v) is 6.82. The summed E-state index contributed by atoms with van der Waals surface area (Å²) in [7, 11) is 3.39. The fourth-order valence-corrected chi connectivity index (χ4v) is 2.11. The van der Waals surface area contributed by atoms with E-state index < -0.39 is 0 Å². The molecule has 2 aromatic carbocycles. The van der Waals surface area contributed by atoms with Gasteiger partial charge in [0, 0.05) is 19.3 Å². The molecule has 0 spiro atoms. The maximum Gasteiger partial charge on any atom is 0.231 e. The van der Waals surface area contributed by atoms with Crippen molar-refractivity contribution in [2.24, 2.45) is 5.73 Å². The number of methoxy groups -OCH3 is 1. The number of carbonyl (C=O) groups excluding carboxylic acids is 1. The van der Waals surface area contributed by atoms with Gasteiger partial charge >= 0.3 is 0 Å². The minimum atomic E-state index is 0.0254. The average Bonchev–Trinajstić information content (AvgIpc) is 2.54. The number of nitrogens with zero attached hydrogens (tertiary/aromatic N) is 1. The highest BCUT2D eigenvalue weighted by Crippen LogP contribution is 2.18. The fourth-order valence-electron chi connectivity index (χ4n) is 2.11. The van der Waals surface area contributed by atoms with Crippen molar-refractivity contribution < 1.29 is 9.53 Å². The average molecular weight is 284 g/mol. The lowest BCUT2D eigenvalue weighted by atomic mass is 10.1. The number of nitrogens with two attached hydrogens (primary N) is 1. The fraction of sp³-hybridized carbons (Fsp3) is 0.235. The van der Waals surface area contributed by atoms with E-state index >= 15 is 0 Å². The third-order valence-corrected chi connectivity index (χ3v) is 3.40. The van der Waals surface area contributed by atoms with Crippen LogP contribution in [-0.2, 0) is 17.8 Å². The Morgan fingerprint density at radius 3 is 2.57 bits per heavy atom. The van der Waals surface area contributed by atoms with Gasteiger partial charge < -0.3 is 15.4 Å². The van der Waals surface area contributed by atoms with Crippen molar-refractivity contribution in [1.82, 2.24) is 0 Å². The highest BCUT2D eigenvalue weighted by atomic mass is 16.5. The molecule has 4 heteroatoms. The summed E-state index contributed by atoms with van der Waals surface area (Å²) in [5, 5.41) is 0. The molecule has 1 amide bonds.